The van der Waals surface area contributed by atoms with Crippen LogP contribution in [0.5, 0.6) is 11.5 Å². The van der Waals surface area contributed by atoms with Gasteiger partial charge in [-0.2, -0.15) is 0 Å². The molecule has 0 aliphatic rings. The van der Waals surface area contributed by atoms with E-state index in [1.165, 1.54) is 26.4 Å². The predicted molar refractivity (Wildman–Crippen MR) is 72.0 cm³/mol. The Morgan fingerprint density at radius 2 is 1.80 bits per heavy atom. The Morgan fingerprint density at radius 1 is 1.25 bits per heavy atom. The molecule has 0 saturated carbocycles. The summed E-state index contributed by atoms with van der Waals surface area (Å²) in [4.78, 5) is 23.0. The highest BCUT2D eigenvalue weighted by atomic mass is 16.5. The monoisotopic (exact) mass is 280 g/mol. The van der Waals surface area contributed by atoms with Gasteiger partial charge in [0.15, 0.2) is 11.5 Å². The first kappa shape index (κ1) is 15.8. The number of carboxylic acid groups (broad SMARTS) is 1. The van der Waals surface area contributed by atoms with Gasteiger partial charge in [-0.3, -0.25) is 4.79 Å². The molecule has 0 aromatic heterocycles. The first-order valence-electron chi connectivity index (χ1n) is 6.22. The summed E-state index contributed by atoms with van der Waals surface area (Å²) in [5, 5.41) is 13.7. The summed E-state index contributed by atoms with van der Waals surface area (Å²) in [5.74, 6) is -1.30. The van der Waals surface area contributed by atoms with Gasteiger partial charge in [0.05, 0.1) is 25.9 Å². The second kappa shape index (κ2) is 6.79. The van der Waals surface area contributed by atoms with Gasteiger partial charge < -0.3 is 24.7 Å². The smallest absolute Gasteiger partial charge is 0.227 e. The van der Waals surface area contributed by atoms with Crippen LogP contribution in [0.3, 0.4) is 0 Å². The summed E-state index contributed by atoms with van der Waals surface area (Å²) in [6, 6.07) is 2.67. The van der Waals surface area contributed by atoms with Crippen LogP contribution in [0.2, 0.25) is 0 Å². The van der Waals surface area contributed by atoms with Crippen LogP contribution in [0.1, 0.15) is 30.6 Å². The molecule has 1 N–H and O–H groups in total. The molecule has 0 bridgehead atoms. The van der Waals surface area contributed by atoms with Crippen LogP contribution in [0.15, 0.2) is 12.1 Å². The van der Waals surface area contributed by atoms with E-state index in [9.17, 15) is 14.7 Å². The topological polar surface area (TPSA) is 87.7 Å². The third kappa shape index (κ3) is 3.40. The lowest BCUT2D eigenvalue weighted by Gasteiger charge is -2.17. The number of carbonyl (C=O) groups is 2. The van der Waals surface area contributed by atoms with Gasteiger partial charge in [0, 0.05) is 17.5 Å². The third-order valence-corrected chi connectivity index (χ3v) is 3.06. The first-order chi connectivity index (χ1) is 9.44. The lowest BCUT2D eigenvalue weighted by atomic mass is 10.1. The molecule has 1 atom stereocenters. The molecule has 6 nitrogen and oxygen atoms in total. The standard InChI is InChI=1S/C14H19NO5/c1-5-8(2)13(16)15-10-7-12(20-4)11(19-3)6-9(10)14(17)18/h6-8H,5H2,1-4H3,(H,15,16)(H,17,18)/p-1/t8-/m0/s1. The van der Waals surface area contributed by atoms with E-state index in [4.69, 9.17) is 9.47 Å². The largest absolute Gasteiger partial charge is 0.545 e. The number of benzene rings is 1. The zero-order valence-electron chi connectivity index (χ0n) is 12.0. The molecule has 0 fully saturated rings. The van der Waals surface area contributed by atoms with E-state index in [0.717, 1.165) is 0 Å². The van der Waals surface area contributed by atoms with Crippen molar-refractivity contribution in [2.75, 3.05) is 19.5 Å². The van der Waals surface area contributed by atoms with Crippen molar-refractivity contribution in [3.8, 4) is 11.5 Å². The number of carbonyl (C=O) groups excluding carboxylic acids is 2. The summed E-state index contributed by atoms with van der Waals surface area (Å²) in [6.07, 6.45) is 0.653. The number of ether oxygens (including phenoxy) is 2. The molecule has 0 heterocycles. The minimum Gasteiger partial charge on any atom is -0.545 e. The van der Waals surface area contributed by atoms with Crippen LogP contribution in [0, 0.1) is 5.92 Å². The van der Waals surface area contributed by atoms with Crippen LogP contribution in [-0.4, -0.2) is 26.1 Å². The van der Waals surface area contributed by atoms with Gasteiger partial charge in [0.2, 0.25) is 5.91 Å². The molecule has 0 saturated heterocycles. The van der Waals surface area contributed by atoms with Crippen molar-refractivity contribution in [1.29, 1.82) is 0 Å². The SMILES string of the molecule is CC[C@H](C)C(=O)Nc1cc(OC)c(OC)cc1C(=O)[O-]. The fourth-order valence-corrected chi connectivity index (χ4v) is 1.59. The van der Waals surface area contributed by atoms with E-state index in [0.29, 0.717) is 12.2 Å². The number of aromatic carboxylic acids is 1. The van der Waals surface area contributed by atoms with Crippen LogP contribution in [-0.2, 0) is 4.79 Å². The normalized spacial score (nSPS) is 11.6. The van der Waals surface area contributed by atoms with E-state index in [1.807, 2.05) is 6.92 Å². The Morgan fingerprint density at radius 3 is 2.25 bits per heavy atom. The maximum absolute atomic E-state index is 11.9. The summed E-state index contributed by atoms with van der Waals surface area (Å²) in [6.45, 7) is 3.63. The van der Waals surface area contributed by atoms with Gasteiger partial charge in [-0.1, -0.05) is 13.8 Å². The fourth-order valence-electron chi connectivity index (χ4n) is 1.59. The predicted octanol–water partition coefficient (Wildman–Crippen LogP) is 1.05. The number of carboxylic acids is 1. The number of amides is 1. The highest BCUT2D eigenvalue weighted by molar-refractivity contribution is 6.01. The molecule has 0 aliphatic carbocycles. The summed E-state index contributed by atoms with van der Waals surface area (Å²) in [7, 11) is 2.82. The van der Waals surface area contributed by atoms with Crippen molar-refractivity contribution in [2.24, 2.45) is 5.92 Å². The van der Waals surface area contributed by atoms with E-state index in [2.05, 4.69) is 5.32 Å². The lowest BCUT2D eigenvalue weighted by molar-refractivity contribution is -0.254. The molecule has 0 spiro atoms. The highest BCUT2D eigenvalue weighted by Crippen LogP contribution is 2.33. The molecule has 110 valence electrons. The van der Waals surface area contributed by atoms with Gasteiger partial charge in [0.25, 0.3) is 0 Å². The lowest BCUT2D eigenvalue weighted by Crippen LogP contribution is -2.26. The van der Waals surface area contributed by atoms with Gasteiger partial charge in [-0.25, -0.2) is 0 Å². The summed E-state index contributed by atoms with van der Waals surface area (Å²) >= 11 is 0. The number of nitrogens with one attached hydrogen (secondary N) is 1. The molecule has 0 aliphatic heterocycles. The van der Waals surface area contributed by atoms with Gasteiger partial charge in [-0.05, 0) is 12.5 Å². The van der Waals surface area contributed by atoms with E-state index < -0.39 is 5.97 Å². The molecular formula is C14H18NO5-. The zero-order valence-corrected chi connectivity index (χ0v) is 12.0. The van der Waals surface area contributed by atoms with Crippen LogP contribution in [0.4, 0.5) is 5.69 Å². The molecule has 1 aromatic rings. The fraction of sp³-hybridized carbons (Fsp3) is 0.429. The molecule has 1 rings (SSSR count). The average Bonchev–Trinajstić information content (AvgIpc) is 2.45. The highest BCUT2D eigenvalue weighted by Gasteiger charge is 2.16. The third-order valence-electron chi connectivity index (χ3n) is 3.06. The quantitative estimate of drug-likeness (QED) is 0.841. The Bertz CT molecular complexity index is 513. The Balaban J connectivity index is 3.22. The number of anilines is 1. The molecular weight excluding hydrogens is 262 g/mol. The Labute approximate surface area is 117 Å². The Kier molecular flexibility index (Phi) is 5.37. The maximum atomic E-state index is 11.9. The zero-order chi connectivity index (χ0) is 15.3. The maximum Gasteiger partial charge on any atom is 0.227 e. The van der Waals surface area contributed by atoms with E-state index >= 15 is 0 Å². The Hall–Kier alpha value is -2.24. The van der Waals surface area contributed by atoms with Crippen LogP contribution >= 0.6 is 0 Å². The van der Waals surface area contributed by atoms with Crippen molar-refractivity contribution in [3.05, 3.63) is 17.7 Å². The number of methoxy groups -OCH3 is 2. The second-order valence-corrected chi connectivity index (χ2v) is 4.34. The van der Waals surface area contributed by atoms with Crippen LogP contribution < -0.4 is 19.9 Å². The number of hydrogen-bond donors (Lipinski definition) is 1. The van der Waals surface area contributed by atoms with Crippen molar-refractivity contribution in [3.63, 3.8) is 0 Å². The summed E-state index contributed by atoms with van der Waals surface area (Å²) < 4.78 is 10.1. The molecule has 0 radical (unpaired) electrons. The average molecular weight is 280 g/mol. The van der Waals surface area contributed by atoms with E-state index in [-0.39, 0.29) is 28.8 Å². The van der Waals surface area contributed by atoms with Crippen molar-refractivity contribution >= 4 is 17.6 Å². The van der Waals surface area contributed by atoms with Gasteiger partial charge in [0.1, 0.15) is 0 Å². The van der Waals surface area contributed by atoms with Crippen molar-refractivity contribution in [1.82, 2.24) is 0 Å². The van der Waals surface area contributed by atoms with Gasteiger partial charge >= 0.3 is 0 Å². The van der Waals surface area contributed by atoms with Crippen molar-refractivity contribution < 1.29 is 24.2 Å². The molecule has 1 amide bonds. The molecule has 1 aromatic carbocycles. The van der Waals surface area contributed by atoms with Crippen LogP contribution in [0.25, 0.3) is 0 Å². The van der Waals surface area contributed by atoms with Gasteiger partial charge in [-0.15, -0.1) is 0 Å². The first-order valence-corrected chi connectivity index (χ1v) is 6.22. The molecule has 20 heavy (non-hydrogen) atoms. The molecule has 0 unspecified atom stereocenters. The summed E-state index contributed by atoms with van der Waals surface area (Å²) in [5.41, 5.74) is -0.0211. The second-order valence-electron chi connectivity index (χ2n) is 4.34. The molecule has 6 heteroatoms. The van der Waals surface area contributed by atoms with Crippen molar-refractivity contribution in [2.45, 2.75) is 20.3 Å². The number of hydrogen-bond acceptors (Lipinski definition) is 5. The number of rotatable bonds is 6. The minimum absolute atomic E-state index is 0.132. The minimum atomic E-state index is -1.40. The van der Waals surface area contributed by atoms with E-state index in [1.54, 1.807) is 6.92 Å².